The number of likely N-dealkylation sites (N-methyl/N-ethyl adjacent to an activating group) is 1. The van der Waals surface area contributed by atoms with E-state index in [2.05, 4.69) is 25.7 Å². The molecule has 72 valence electrons. The Morgan fingerprint density at radius 1 is 1.42 bits per heavy atom. The van der Waals surface area contributed by atoms with Crippen LogP contribution in [0.3, 0.4) is 0 Å². The molecule has 0 aromatic carbocycles. The average Bonchev–Trinajstić information content (AvgIpc) is 2.66. The van der Waals surface area contributed by atoms with E-state index in [1.54, 1.807) is 0 Å². The van der Waals surface area contributed by atoms with Crippen LogP contribution in [0.2, 0.25) is 0 Å². The first-order valence-electron chi connectivity index (χ1n) is 5.07. The highest BCUT2D eigenvalue weighted by atomic mass is 15.2. The van der Waals surface area contributed by atoms with Gasteiger partial charge in [-0.3, -0.25) is 0 Å². The van der Waals surface area contributed by atoms with Crippen LogP contribution in [0.25, 0.3) is 0 Å². The van der Waals surface area contributed by atoms with Gasteiger partial charge in [0.2, 0.25) is 0 Å². The summed E-state index contributed by atoms with van der Waals surface area (Å²) in [4.78, 5) is 2.47. The molecule has 0 bridgehead atoms. The quantitative estimate of drug-likeness (QED) is 0.677. The van der Waals surface area contributed by atoms with Gasteiger partial charge in [-0.25, -0.2) is 0 Å². The van der Waals surface area contributed by atoms with Gasteiger partial charge in [-0.15, -0.1) is 0 Å². The number of rotatable bonds is 5. The standard InChI is InChI=1S/C10H22N2/c1-4-12(7-9(2)3)8-10(11)5-6-10/h9H,4-8,11H2,1-3H3. The number of hydrogen-bond acceptors (Lipinski definition) is 2. The van der Waals surface area contributed by atoms with Gasteiger partial charge in [-0.1, -0.05) is 20.8 Å². The number of nitrogens with two attached hydrogens (primary N) is 1. The minimum Gasteiger partial charge on any atom is -0.324 e. The maximum atomic E-state index is 6.06. The van der Waals surface area contributed by atoms with Crippen LogP contribution in [-0.4, -0.2) is 30.1 Å². The molecule has 0 heterocycles. The summed E-state index contributed by atoms with van der Waals surface area (Å²) in [5.74, 6) is 0.757. The zero-order chi connectivity index (χ0) is 9.19. The molecule has 0 amide bonds. The molecular weight excluding hydrogens is 148 g/mol. The van der Waals surface area contributed by atoms with Crippen LogP contribution in [0.1, 0.15) is 33.6 Å². The van der Waals surface area contributed by atoms with E-state index < -0.39 is 0 Å². The van der Waals surface area contributed by atoms with Crippen LogP contribution in [0.4, 0.5) is 0 Å². The van der Waals surface area contributed by atoms with Crippen LogP contribution in [-0.2, 0) is 0 Å². The number of hydrogen-bond donors (Lipinski definition) is 1. The van der Waals surface area contributed by atoms with Gasteiger partial charge in [0.15, 0.2) is 0 Å². The van der Waals surface area contributed by atoms with E-state index in [1.807, 2.05) is 0 Å². The van der Waals surface area contributed by atoms with Gasteiger partial charge in [0.05, 0.1) is 0 Å². The molecule has 1 aliphatic carbocycles. The fourth-order valence-electron chi connectivity index (χ4n) is 1.59. The van der Waals surface area contributed by atoms with E-state index in [-0.39, 0.29) is 5.54 Å². The Morgan fingerprint density at radius 2 is 2.00 bits per heavy atom. The molecule has 1 aliphatic rings. The molecule has 0 aromatic heterocycles. The lowest BCUT2D eigenvalue weighted by molar-refractivity contribution is 0.235. The average molecular weight is 170 g/mol. The maximum Gasteiger partial charge on any atom is 0.0284 e. The highest BCUT2D eigenvalue weighted by molar-refractivity contribution is 5.00. The molecule has 0 unspecified atom stereocenters. The predicted octanol–water partition coefficient (Wildman–Crippen LogP) is 1.46. The summed E-state index contributed by atoms with van der Waals surface area (Å²) < 4.78 is 0. The minimum absolute atomic E-state index is 0.185. The van der Waals surface area contributed by atoms with E-state index in [4.69, 9.17) is 5.73 Å². The van der Waals surface area contributed by atoms with E-state index in [0.717, 1.165) is 19.0 Å². The second-order valence-corrected chi connectivity index (χ2v) is 4.58. The molecule has 1 rings (SSSR count). The minimum atomic E-state index is 0.185. The van der Waals surface area contributed by atoms with Crippen molar-refractivity contribution in [3.63, 3.8) is 0 Å². The molecular formula is C10H22N2. The van der Waals surface area contributed by atoms with Gasteiger partial charge in [-0.05, 0) is 25.3 Å². The maximum absolute atomic E-state index is 6.06. The fourth-order valence-corrected chi connectivity index (χ4v) is 1.59. The molecule has 0 radical (unpaired) electrons. The van der Waals surface area contributed by atoms with E-state index >= 15 is 0 Å². The Kier molecular flexibility index (Phi) is 3.13. The zero-order valence-electron chi connectivity index (χ0n) is 8.64. The van der Waals surface area contributed by atoms with Crippen molar-refractivity contribution in [2.45, 2.75) is 39.2 Å². The van der Waals surface area contributed by atoms with Crippen molar-refractivity contribution in [1.82, 2.24) is 4.90 Å². The smallest absolute Gasteiger partial charge is 0.0284 e. The lowest BCUT2D eigenvalue weighted by Gasteiger charge is -2.25. The molecule has 0 spiro atoms. The highest BCUT2D eigenvalue weighted by Gasteiger charge is 2.39. The van der Waals surface area contributed by atoms with Crippen molar-refractivity contribution in [3.05, 3.63) is 0 Å². The highest BCUT2D eigenvalue weighted by Crippen LogP contribution is 2.32. The molecule has 2 heteroatoms. The van der Waals surface area contributed by atoms with Crippen molar-refractivity contribution in [2.24, 2.45) is 11.7 Å². The summed E-state index contributed by atoms with van der Waals surface area (Å²) in [5.41, 5.74) is 6.24. The van der Waals surface area contributed by atoms with Gasteiger partial charge in [0.25, 0.3) is 0 Å². The monoisotopic (exact) mass is 170 g/mol. The van der Waals surface area contributed by atoms with Crippen LogP contribution < -0.4 is 5.73 Å². The number of nitrogens with zero attached hydrogens (tertiary/aromatic N) is 1. The van der Waals surface area contributed by atoms with Crippen LogP contribution in [0.5, 0.6) is 0 Å². The van der Waals surface area contributed by atoms with Crippen molar-refractivity contribution in [3.8, 4) is 0 Å². The summed E-state index contributed by atoms with van der Waals surface area (Å²) in [6.07, 6.45) is 2.45. The van der Waals surface area contributed by atoms with Crippen molar-refractivity contribution in [1.29, 1.82) is 0 Å². The third kappa shape index (κ3) is 3.11. The Labute approximate surface area is 76.1 Å². The summed E-state index contributed by atoms with van der Waals surface area (Å²) in [6.45, 7) is 10.2. The largest absolute Gasteiger partial charge is 0.324 e. The van der Waals surface area contributed by atoms with E-state index in [0.29, 0.717) is 0 Å². The van der Waals surface area contributed by atoms with Crippen molar-refractivity contribution >= 4 is 0 Å². The molecule has 1 fully saturated rings. The fraction of sp³-hybridized carbons (Fsp3) is 1.00. The van der Waals surface area contributed by atoms with E-state index in [9.17, 15) is 0 Å². The molecule has 0 atom stereocenters. The first-order valence-corrected chi connectivity index (χ1v) is 5.07. The lowest BCUT2D eigenvalue weighted by Crippen LogP contribution is -2.40. The second-order valence-electron chi connectivity index (χ2n) is 4.58. The Balaban J connectivity index is 2.25. The van der Waals surface area contributed by atoms with Crippen molar-refractivity contribution in [2.75, 3.05) is 19.6 Å². The second kappa shape index (κ2) is 3.75. The van der Waals surface area contributed by atoms with Gasteiger partial charge < -0.3 is 10.6 Å². The van der Waals surface area contributed by atoms with Gasteiger partial charge in [0.1, 0.15) is 0 Å². The summed E-state index contributed by atoms with van der Waals surface area (Å²) in [6, 6.07) is 0. The predicted molar refractivity (Wildman–Crippen MR) is 53.1 cm³/mol. The summed E-state index contributed by atoms with van der Waals surface area (Å²) in [7, 11) is 0. The van der Waals surface area contributed by atoms with Gasteiger partial charge in [-0.2, -0.15) is 0 Å². The molecule has 2 N–H and O–H groups in total. The first kappa shape index (κ1) is 10.0. The van der Waals surface area contributed by atoms with Crippen molar-refractivity contribution < 1.29 is 0 Å². The zero-order valence-corrected chi connectivity index (χ0v) is 8.64. The third-order valence-corrected chi connectivity index (χ3v) is 2.50. The molecule has 2 nitrogen and oxygen atoms in total. The lowest BCUT2D eigenvalue weighted by atomic mass is 10.2. The summed E-state index contributed by atoms with van der Waals surface area (Å²) >= 11 is 0. The Morgan fingerprint density at radius 3 is 2.33 bits per heavy atom. The molecule has 12 heavy (non-hydrogen) atoms. The topological polar surface area (TPSA) is 29.3 Å². The molecule has 0 aliphatic heterocycles. The Bertz CT molecular complexity index is 139. The van der Waals surface area contributed by atoms with Gasteiger partial charge in [0, 0.05) is 18.6 Å². The normalized spacial score (nSPS) is 20.5. The summed E-state index contributed by atoms with van der Waals surface area (Å²) in [5, 5.41) is 0. The first-order chi connectivity index (χ1) is 5.56. The Hall–Kier alpha value is -0.0800. The molecule has 0 saturated heterocycles. The van der Waals surface area contributed by atoms with Gasteiger partial charge >= 0.3 is 0 Å². The third-order valence-electron chi connectivity index (χ3n) is 2.50. The van der Waals surface area contributed by atoms with Crippen LogP contribution >= 0.6 is 0 Å². The van der Waals surface area contributed by atoms with E-state index in [1.165, 1.54) is 19.4 Å². The van der Waals surface area contributed by atoms with Crippen LogP contribution in [0.15, 0.2) is 0 Å². The van der Waals surface area contributed by atoms with Crippen LogP contribution in [0, 0.1) is 5.92 Å². The molecule has 1 saturated carbocycles. The SMILES string of the molecule is CCN(CC(C)C)CC1(N)CC1. The molecule has 0 aromatic rings.